The van der Waals surface area contributed by atoms with Crippen molar-refractivity contribution >= 4 is 22.6 Å². The molecule has 3 aromatic rings. The minimum Gasteiger partial charge on any atom is -0.490 e. The number of nitrogens with zero attached hydrogens (tertiary/aromatic N) is 2. The Morgan fingerprint density at radius 3 is 2.71 bits per heavy atom. The molecule has 1 amide bonds. The summed E-state index contributed by atoms with van der Waals surface area (Å²) >= 11 is 0. The maximum absolute atomic E-state index is 12.7. The molecule has 126 valence electrons. The van der Waals surface area contributed by atoms with E-state index < -0.39 is 0 Å². The van der Waals surface area contributed by atoms with E-state index in [1.807, 2.05) is 40.8 Å². The van der Waals surface area contributed by atoms with Crippen molar-refractivity contribution in [1.29, 1.82) is 0 Å². The van der Waals surface area contributed by atoms with Gasteiger partial charge in [-0.3, -0.25) is 9.48 Å². The van der Waals surface area contributed by atoms with Gasteiger partial charge in [0.25, 0.3) is 5.91 Å². The Labute approximate surface area is 140 Å². The Morgan fingerprint density at radius 1 is 1.33 bits per heavy atom. The number of carbonyl (C=O) groups excluding carboxylic acids is 1. The molecule has 3 rings (SSSR count). The first-order chi connectivity index (χ1) is 11.4. The van der Waals surface area contributed by atoms with Gasteiger partial charge in [-0.25, -0.2) is 0 Å². The highest BCUT2D eigenvalue weighted by molar-refractivity contribution is 6.07. The van der Waals surface area contributed by atoms with E-state index in [1.54, 1.807) is 23.1 Å². The third-order valence-corrected chi connectivity index (χ3v) is 3.91. The number of nitrogens with one attached hydrogen (secondary N) is 1. The van der Waals surface area contributed by atoms with E-state index in [1.165, 1.54) is 0 Å². The molecule has 0 radical (unpaired) electrons. The molecule has 6 nitrogen and oxygen atoms in total. The molecule has 6 heteroatoms. The SMILES string of the molecule is Cc1nn(C)c(C)c1NC(=O)c1cc(OC(C)C)c2ccoc2c1. The van der Waals surface area contributed by atoms with Crippen LogP contribution >= 0.6 is 0 Å². The molecule has 2 aromatic heterocycles. The zero-order chi connectivity index (χ0) is 17.4. The van der Waals surface area contributed by atoms with Crippen LogP contribution in [-0.4, -0.2) is 21.8 Å². The van der Waals surface area contributed by atoms with Crippen molar-refractivity contribution in [3.05, 3.63) is 41.4 Å². The average molecular weight is 327 g/mol. The topological polar surface area (TPSA) is 69.3 Å². The molecule has 0 spiro atoms. The van der Waals surface area contributed by atoms with E-state index in [2.05, 4.69) is 10.4 Å². The lowest BCUT2D eigenvalue weighted by Gasteiger charge is -2.12. The minimum atomic E-state index is -0.221. The van der Waals surface area contributed by atoms with Crippen LogP contribution in [0.15, 0.2) is 28.9 Å². The Balaban J connectivity index is 1.97. The molecule has 0 bridgehead atoms. The first-order valence-electron chi connectivity index (χ1n) is 7.86. The summed E-state index contributed by atoms with van der Waals surface area (Å²) in [6, 6.07) is 5.30. The molecule has 1 aromatic carbocycles. The number of amides is 1. The molecule has 24 heavy (non-hydrogen) atoms. The molecular weight excluding hydrogens is 306 g/mol. The lowest BCUT2D eigenvalue weighted by Crippen LogP contribution is -2.14. The highest BCUT2D eigenvalue weighted by Gasteiger charge is 2.17. The first-order valence-corrected chi connectivity index (χ1v) is 7.86. The summed E-state index contributed by atoms with van der Waals surface area (Å²) in [4.78, 5) is 12.7. The Hall–Kier alpha value is -2.76. The van der Waals surface area contributed by atoms with Gasteiger partial charge in [0.05, 0.1) is 34.8 Å². The number of carbonyl (C=O) groups is 1. The fourth-order valence-electron chi connectivity index (χ4n) is 2.66. The molecule has 0 saturated heterocycles. The van der Waals surface area contributed by atoms with E-state index in [0.717, 1.165) is 22.5 Å². The van der Waals surface area contributed by atoms with Crippen LogP contribution in [0.5, 0.6) is 5.75 Å². The van der Waals surface area contributed by atoms with Crippen LogP contribution in [-0.2, 0) is 7.05 Å². The number of anilines is 1. The summed E-state index contributed by atoms with van der Waals surface area (Å²) in [6.45, 7) is 7.67. The quantitative estimate of drug-likeness (QED) is 0.791. The maximum Gasteiger partial charge on any atom is 0.256 e. The summed E-state index contributed by atoms with van der Waals surface area (Å²) in [7, 11) is 1.85. The maximum atomic E-state index is 12.7. The summed E-state index contributed by atoms with van der Waals surface area (Å²) < 4.78 is 13.0. The molecule has 0 saturated carbocycles. The zero-order valence-corrected chi connectivity index (χ0v) is 14.5. The van der Waals surface area contributed by atoms with Crippen LogP contribution in [0.2, 0.25) is 0 Å². The van der Waals surface area contributed by atoms with Gasteiger partial charge in [-0.05, 0) is 45.9 Å². The lowest BCUT2D eigenvalue weighted by molar-refractivity contribution is 0.102. The van der Waals surface area contributed by atoms with Crippen LogP contribution in [0.3, 0.4) is 0 Å². The van der Waals surface area contributed by atoms with Crippen molar-refractivity contribution in [2.75, 3.05) is 5.32 Å². The van der Waals surface area contributed by atoms with Crippen molar-refractivity contribution in [3.63, 3.8) is 0 Å². The van der Waals surface area contributed by atoms with E-state index in [0.29, 0.717) is 16.9 Å². The van der Waals surface area contributed by atoms with Gasteiger partial charge >= 0.3 is 0 Å². The van der Waals surface area contributed by atoms with Gasteiger partial charge in [0.15, 0.2) is 0 Å². The third kappa shape index (κ3) is 2.87. The number of rotatable bonds is 4. The molecular formula is C18H21N3O3. The van der Waals surface area contributed by atoms with Crippen molar-refractivity contribution in [2.24, 2.45) is 7.05 Å². The van der Waals surface area contributed by atoms with Crippen LogP contribution in [0, 0.1) is 13.8 Å². The number of hydrogen-bond acceptors (Lipinski definition) is 4. The summed E-state index contributed by atoms with van der Waals surface area (Å²) in [6.07, 6.45) is 1.60. The molecule has 2 heterocycles. The third-order valence-electron chi connectivity index (χ3n) is 3.91. The largest absolute Gasteiger partial charge is 0.490 e. The van der Waals surface area contributed by atoms with E-state index >= 15 is 0 Å². The second kappa shape index (κ2) is 6.03. The monoisotopic (exact) mass is 327 g/mol. The van der Waals surface area contributed by atoms with Crippen LogP contribution in [0.1, 0.15) is 35.6 Å². The summed E-state index contributed by atoms with van der Waals surface area (Å²) in [5, 5.41) is 8.10. The number of hydrogen-bond donors (Lipinski definition) is 1. The number of furan rings is 1. The lowest BCUT2D eigenvalue weighted by atomic mass is 10.1. The van der Waals surface area contributed by atoms with Gasteiger partial charge in [-0.15, -0.1) is 0 Å². The Kier molecular flexibility index (Phi) is 4.05. The molecule has 0 fully saturated rings. The second-order valence-corrected chi connectivity index (χ2v) is 6.10. The molecule has 0 unspecified atom stereocenters. The fourth-order valence-corrected chi connectivity index (χ4v) is 2.66. The van der Waals surface area contributed by atoms with Gasteiger partial charge < -0.3 is 14.5 Å². The molecule has 0 atom stereocenters. The summed E-state index contributed by atoms with van der Waals surface area (Å²) in [5.74, 6) is 0.419. The van der Waals surface area contributed by atoms with E-state index in [9.17, 15) is 4.79 Å². The number of aromatic nitrogens is 2. The van der Waals surface area contributed by atoms with Gasteiger partial charge in [-0.1, -0.05) is 0 Å². The van der Waals surface area contributed by atoms with Crippen LogP contribution < -0.4 is 10.1 Å². The molecule has 0 aliphatic heterocycles. The van der Waals surface area contributed by atoms with Crippen molar-refractivity contribution in [3.8, 4) is 5.75 Å². The highest BCUT2D eigenvalue weighted by Crippen LogP contribution is 2.30. The van der Waals surface area contributed by atoms with E-state index in [4.69, 9.17) is 9.15 Å². The highest BCUT2D eigenvalue weighted by atomic mass is 16.5. The Morgan fingerprint density at radius 2 is 2.08 bits per heavy atom. The molecule has 0 aliphatic carbocycles. The van der Waals surface area contributed by atoms with Crippen molar-refractivity contribution in [2.45, 2.75) is 33.8 Å². The predicted molar refractivity (Wildman–Crippen MR) is 92.6 cm³/mol. The van der Waals surface area contributed by atoms with Crippen molar-refractivity contribution < 1.29 is 13.9 Å². The first kappa shape index (κ1) is 16.1. The minimum absolute atomic E-state index is 0.00391. The second-order valence-electron chi connectivity index (χ2n) is 6.10. The number of ether oxygens (including phenoxy) is 1. The standard InChI is InChI=1S/C18H21N3O3/c1-10(2)24-16-9-13(8-15-14(16)6-7-23-15)18(22)19-17-11(3)20-21(5)12(17)4/h6-10H,1-5H3,(H,19,22). The predicted octanol–water partition coefficient (Wildman–Crippen LogP) is 3.82. The molecule has 0 aliphatic rings. The average Bonchev–Trinajstić information content (AvgIpc) is 3.07. The van der Waals surface area contributed by atoms with Crippen LogP contribution in [0.4, 0.5) is 5.69 Å². The van der Waals surface area contributed by atoms with Gasteiger partial charge in [0.1, 0.15) is 11.3 Å². The molecule has 1 N–H and O–H groups in total. The van der Waals surface area contributed by atoms with Gasteiger partial charge in [0.2, 0.25) is 0 Å². The normalized spacial score (nSPS) is 11.2. The number of benzene rings is 1. The Bertz CT molecular complexity index is 906. The van der Waals surface area contributed by atoms with E-state index in [-0.39, 0.29) is 12.0 Å². The van der Waals surface area contributed by atoms with Gasteiger partial charge in [-0.2, -0.15) is 5.10 Å². The summed E-state index contributed by atoms with van der Waals surface area (Å²) in [5.41, 5.74) is 3.52. The van der Waals surface area contributed by atoms with Crippen molar-refractivity contribution in [1.82, 2.24) is 9.78 Å². The fraction of sp³-hybridized carbons (Fsp3) is 0.333. The smallest absolute Gasteiger partial charge is 0.256 e. The van der Waals surface area contributed by atoms with Gasteiger partial charge in [0, 0.05) is 12.6 Å². The van der Waals surface area contributed by atoms with Crippen LogP contribution in [0.25, 0.3) is 11.0 Å². The number of aryl methyl sites for hydroxylation is 2. The number of fused-ring (bicyclic) bond motifs is 1. The zero-order valence-electron chi connectivity index (χ0n) is 14.5.